The molecule has 0 aliphatic heterocycles. The number of benzene rings is 2. The number of carbonyl (C=O) groups is 2. The number of hydrogen-bond acceptors (Lipinski definition) is 4. The summed E-state index contributed by atoms with van der Waals surface area (Å²) in [6.07, 6.45) is 0. The minimum Gasteiger partial charge on any atom is -0.336 e. The summed E-state index contributed by atoms with van der Waals surface area (Å²) in [6, 6.07) is 22.9. The van der Waals surface area contributed by atoms with E-state index in [4.69, 9.17) is 5.26 Å². The van der Waals surface area contributed by atoms with Crippen molar-refractivity contribution in [1.82, 2.24) is 9.88 Å². The van der Waals surface area contributed by atoms with Gasteiger partial charge in [-0.15, -0.1) is 0 Å². The molecular formula is C22H18N4O2. The lowest BCUT2D eigenvalue weighted by atomic mass is 10.2. The van der Waals surface area contributed by atoms with Gasteiger partial charge in [0.1, 0.15) is 11.4 Å². The molecule has 0 aliphatic rings. The highest BCUT2D eigenvalue weighted by atomic mass is 16.2. The Kier molecular flexibility index (Phi) is 5.78. The maximum Gasteiger partial charge on any atom is 0.274 e. The van der Waals surface area contributed by atoms with Gasteiger partial charge in [-0.05, 0) is 42.0 Å². The molecule has 0 radical (unpaired) electrons. The number of amides is 2. The first-order valence-electron chi connectivity index (χ1n) is 8.65. The molecule has 6 heteroatoms. The van der Waals surface area contributed by atoms with Gasteiger partial charge in [-0.3, -0.25) is 9.59 Å². The third-order valence-electron chi connectivity index (χ3n) is 4.08. The van der Waals surface area contributed by atoms with Crippen molar-refractivity contribution in [3.05, 3.63) is 95.3 Å². The van der Waals surface area contributed by atoms with Gasteiger partial charge in [0.2, 0.25) is 0 Å². The average molecular weight is 370 g/mol. The van der Waals surface area contributed by atoms with E-state index in [9.17, 15) is 9.59 Å². The molecule has 2 amide bonds. The first kappa shape index (κ1) is 18.8. The fraction of sp³-hybridized carbons (Fsp3) is 0.0909. The van der Waals surface area contributed by atoms with Crippen LogP contribution in [0.25, 0.3) is 0 Å². The molecule has 6 nitrogen and oxygen atoms in total. The average Bonchev–Trinajstić information content (AvgIpc) is 2.74. The summed E-state index contributed by atoms with van der Waals surface area (Å²) in [5, 5.41) is 11.5. The Hall–Kier alpha value is -3.98. The summed E-state index contributed by atoms with van der Waals surface area (Å²) in [5.41, 5.74) is 2.40. The molecule has 1 heterocycles. The van der Waals surface area contributed by atoms with Crippen LogP contribution < -0.4 is 5.32 Å². The highest BCUT2D eigenvalue weighted by molar-refractivity contribution is 6.03. The number of hydrogen-bond donors (Lipinski definition) is 1. The summed E-state index contributed by atoms with van der Waals surface area (Å²) in [4.78, 5) is 30.9. The quantitative estimate of drug-likeness (QED) is 0.745. The maximum atomic E-state index is 12.7. The second kappa shape index (κ2) is 8.60. The third kappa shape index (κ3) is 4.59. The Morgan fingerprint density at radius 1 is 0.964 bits per heavy atom. The van der Waals surface area contributed by atoms with Crippen LogP contribution in [0.4, 0.5) is 5.69 Å². The molecule has 3 rings (SSSR count). The maximum absolute atomic E-state index is 12.7. The smallest absolute Gasteiger partial charge is 0.274 e. The van der Waals surface area contributed by atoms with Crippen LogP contribution in [0.2, 0.25) is 0 Å². The van der Waals surface area contributed by atoms with E-state index >= 15 is 0 Å². The van der Waals surface area contributed by atoms with Crippen molar-refractivity contribution in [3.8, 4) is 6.07 Å². The zero-order valence-electron chi connectivity index (χ0n) is 15.3. The van der Waals surface area contributed by atoms with Gasteiger partial charge >= 0.3 is 0 Å². The van der Waals surface area contributed by atoms with E-state index in [-0.39, 0.29) is 17.3 Å². The van der Waals surface area contributed by atoms with E-state index in [0.29, 0.717) is 17.8 Å². The number of nitrogens with zero attached hydrogens (tertiary/aromatic N) is 3. The molecule has 28 heavy (non-hydrogen) atoms. The van der Waals surface area contributed by atoms with E-state index in [1.54, 1.807) is 54.4 Å². The van der Waals surface area contributed by atoms with Crippen molar-refractivity contribution in [2.75, 3.05) is 12.4 Å². The van der Waals surface area contributed by atoms with Crippen molar-refractivity contribution in [2.45, 2.75) is 6.54 Å². The number of aromatic nitrogens is 1. The Morgan fingerprint density at radius 3 is 2.32 bits per heavy atom. The zero-order valence-corrected chi connectivity index (χ0v) is 15.3. The Labute approximate surface area is 163 Å². The van der Waals surface area contributed by atoms with E-state index in [1.165, 1.54) is 0 Å². The third-order valence-corrected chi connectivity index (χ3v) is 4.08. The van der Waals surface area contributed by atoms with Crippen LogP contribution in [0.15, 0.2) is 72.8 Å². The minimum atomic E-state index is -0.426. The molecule has 0 aliphatic carbocycles. The van der Waals surface area contributed by atoms with Gasteiger partial charge in [0.25, 0.3) is 11.8 Å². The molecule has 0 bridgehead atoms. The van der Waals surface area contributed by atoms with Crippen LogP contribution in [-0.2, 0) is 6.54 Å². The lowest BCUT2D eigenvalue weighted by molar-refractivity contribution is 0.0779. The van der Waals surface area contributed by atoms with Gasteiger partial charge in [0, 0.05) is 19.3 Å². The summed E-state index contributed by atoms with van der Waals surface area (Å²) in [5.74, 6) is -0.693. The van der Waals surface area contributed by atoms with Gasteiger partial charge in [0.05, 0.1) is 11.6 Å². The Morgan fingerprint density at radius 2 is 1.64 bits per heavy atom. The molecule has 0 spiro atoms. The minimum absolute atomic E-state index is 0.142. The molecule has 0 fully saturated rings. The fourth-order valence-corrected chi connectivity index (χ4v) is 2.63. The molecule has 1 N–H and O–H groups in total. The van der Waals surface area contributed by atoms with Crippen LogP contribution in [0.3, 0.4) is 0 Å². The lowest BCUT2D eigenvalue weighted by Crippen LogP contribution is -2.27. The molecule has 0 atom stereocenters. The van der Waals surface area contributed by atoms with Crippen LogP contribution in [0.1, 0.15) is 32.1 Å². The molecular weight excluding hydrogens is 352 g/mol. The molecule has 138 valence electrons. The van der Waals surface area contributed by atoms with E-state index in [0.717, 1.165) is 5.56 Å². The summed E-state index contributed by atoms with van der Waals surface area (Å²) in [7, 11) is 1.69. The first-order valence-corrected chi connectivity index (χ1v) is 8.65. The van der Waals surface area contributed by atoms with E-state index in [2.05, 4.69) is 10.3 Å². The number of nitrogens with one attached hydrogen (secondary N) is 1. The molecule has 2 aromatic carbocycles. The normalized spacial score (nSPS) is 10.0. The van der Waals surface area contributed by atoms with Crippen molar-refractivity contribution in [2.24, 2.45) is 0 Å². The van der Waals surface area contributed by atoms with Crippen LogP contribution in [-0.4, -0.2) is 28.7 Å². The Bertz CT molecular complexity index is 1020. The van der Waals surface area contributed by atoms with Crippen molar-refractivity contribution < 1.29 is 9.59 Å². The summed E-state index contributed by atoms with van der Waals surface area (Å²) >= 11 is 0. The Balaban J connectivity index is 1.70. The van der Waals surface area contributed by atoms with Gasteiger partial charge < -0.3 is 10.2 Å². The topological polar surface area (TPSA) is 86.1 Å². The first-order chi connectivity index (χ1) is 13.6. The second-order valence-corrected chi connectivity index (χ2v) is 6.20. The monoisotopic (exact) mass is 370 g/mol. The summed E-state index contributed by atoms with van der Waals surface area (Å²) in [6.45, 7) is 0.447. The molecule has 0 saturated heterocycles. The number of nitriles is 1. The van der Waals surface area contributed by atoms with Gasteiger partial charge in [-0.2, -0.15) is 5.26 Å². The van der Waals surface area contributed by atoms with Gasteiger partial charge in [0.15, 0.2) is 0 Å². The number of rotatable bonds is 5. The zero-order chi connectivity index (χ0) is 19.9. The van der Waals surface area contributed by atoms with Crippen LogP contribution >= 0.6 is 0 Å². The van der Waals surface area contributed by atoms with Gasteiger partial charge in [-0.1, -0.05) is 36.4 Å². The van der Waals surface area contributed by atoms with Crippen molar-refractivity contribution in [1.29, 1.82) is 5.26 Å². The molecule has 1 aromatic heterocycles. The number of pyridine rings is 1. The van der Waals surface area contributed by atoms with Crippen molar-refractivity contribution in [3.63, 3.8) is 0 Å². The van der Waals surface area contributed by atoms with Crippen LogP contribution in [0.5, 0.6) is 0 Å². The van der Waals surface area contributed by atoms with Gasteiger partial charge in [-0.25, -0.2) is 4.98 Å². The SMILES string of the molecule is CN(Cc1ccccc1)C(=O)c1cccc(C(=O)Nc2ccc(C#N)cc2)n1. The molecule has 0 saturated carbocycles. The molecule has 0 unspecified atom stereocenters. The lowest BCUT2D eigenvalue weighted by Gasteiger charge is -2.17. The van der Waals surface area contributed by atoms with Crippen molar-refractivity contribution >= 4 is 17.5 Å². The highest BCUT2D eigenvalue weighted by Gasteiger charge is 2.16. The highest BCUT2D eigenvalue weighted by Crippen LogP contribution is 2.12. The van der Waals surface area contributed by atoms with E-state index < -0.39 is 5.91 Å². The largest absolute Gasteiger partial charge is 0.336 e. The molecule has 3 aromatic rings. The fourth-order valence-electron chi connectivity index (χ4n) is 2.63. The van der Waals surface area contributed by atoms with E-state index in [1.807, 2.05) is 36.4 Å². The second-order valence-electron chi connectivity index (χ2n) is 6.20. The summed E-state index contributed by atoms with van der Waals surface area (Å²) < 4.78 is 0. The standard InChI is InChI=1S/C22H18N4O2/c1-26(15-17-6-3-2-4-7-17)22(28)20-9-5-8-19(25-20)21(27)24-18-12-10-16(14-23)11-13-18/h2-13H,15H2,1H3,(H,24,27). The predicted molar refractivity (Wildman–Crippen MR) is 106 cm³/mol. The number of carbonyl (C=O) groups excluding carboxylic acids is 2. The van der Waals surface area contributed by atoms with Crippen LogP contribution in [0, 0.1) is 11.3 Å². The predicted octanol–water partition coefficient (Wildman–Crippen LogP) is 3.48. The number of anilines is 1.